The fraction of sp³-hybridized carbons (Fsp3) is 0.333. The second-order valence-corrected chi connectivity index (χ2v) is 9.82. The van der Waals surface area contributed by atoms with Crippen LogP contribution in [0.2, 0.25) is 10.0 Å². The lowest BCUT2D eigenvalue weighted by Gasteiger charge is -2.25. The first-order valence-corrected chi connectivity index (χ1v) is 11.5. The molecule has 3 amide bonds. The number of nitrogens with zero attached hydrogens (tertiary/aromatic N) is 1. The summed E-state index contributed by atoms with van der Waals surface area (Å²) in [5.74, 6) is -1.54. The Morgan fingerprint density at radius 2 is 1.82 bits per heavy atom. The van der Waals surface area contributed by atoms with E-state index in [0.717, 1.165) is 11.1 Å². The second kappa shape index (κ2) is 8.92. The van der Waals surface area contributed by atoms with Gasteiger partial charge in [-0.1, -0.05) is 29.3 Å². The molecule has 0 aliphatic carbocycles. The van der Waals surface area contributed by atoms with E-state index in [1.54, 1.807) is 39.1 Å². The van der Waals surface area contributed by atoms with Crippen molar-refractivity contribution in [2.45, 2.75) is 44.6 Å². The number of nitrogens with one attached hydrogen (secondary N) is 3. The Kier molecular flexibility index (Phi) is 6.31. The third kappa shape index (κ3) is 4.35. The Labute approximate surface area is 205 Å². The van der Waals surface area contributed by atoms with E-state index < -0.39 is 17.2 Å². The number of imide groups is 1. The molecule has 0 radical (unpaired) electrons. The number of benzene rings is 2. The van der Waals surface area contributed by atoms with Crippen LogP contribution in [-0.2, 0) is 33.4 Å². The lowest BCUT2D eigenvalue weighted by Crippen LogP contribution is -2.40. The number of aromatic amines is 1. The maximum atomic E-state index is 13.1. The second-order valence-electron chi connectivity index (χ2n) is 9.01. The van der Waals surface area contributed by atoms with Crippen LogP contribution in [0.4, 0.5) is 0 Å². The number of aromatic nitrogens is 2. The molecule has 0 spiro atoms. The van der Waals surface area contributed by atoms with E-state index in [-0.39, 0.29) is 30.5 Å². The molecule has 34 heavy (non-hydrogen) atoms. The molecular weight excluding hydrogens is 479 g/mol. The summed E-state index contributed by atoms with van der Waals surface area (Å²) in [6.45, 7) is 3.79. The van der Waals surface area contributed by atoms with Gasteiger partial charge in [0.1, 0.15) is 0 Å². The van der Waals surface area contributed by atoms with Gasteiger partial charge in [0.2, 0.25) is 17.7 Å². The van der Waals surface area contributed by atoms with E-state index in [4.69, 9.17) is 23.2 Å². The number of imidazole rings is 1. The van der Waals surface area contributed by atoms with Gasteiger partial charge in [0, 0.05) is 35.6 Å². The number of hydrogen-bond donors (Lipinski definition) is 3. The van der Waals surface area contributed by atoms with Crippen molar-refractivity contribution in [2.24, 2.45) is 7.05 Å². The molecular formula is C24H24Cl2N4O4. The summed E-state index contributed by atoms with van der Waals surface area (Å²) in [6.07, 6.45) is 0.560. The summed E-state index contributed by atoms with van der Waals surface area (Å²) in [6, 6.07) is 8.78. The number of hydrogen-bond acceptors (Lipinski definition) is 4. The molecule has 1 saturated heterocycles. The summed E-state index contributed by atoms with van der Waals surface area (Å²) < 4.78 is 1.51. The lowest BCUT2D eigenvalue weighted by atomic mass is 9.83. The summed E-state index contributed by atoms with van der Waals surface area (Å²) in [4.78, 5) is 51.4. The number of halogens is 2. The summed E-state index contributed by atoms with van der Waals surface area (Å²) in [7, 11) is 1.68. The molecule has 1 atom stereocenters. The van der Waals surface area contributed by atoms with Gasteiger partial charge in [-0.15, -0.1) is 0 Å². The third-order valence-electron chi connectivity index (χ3n) is 6.37. The monoisotopic (exact) mass is 502 g/mol. The van der Waals surface area contributed by atoms with Gasteiger partial charge in [0.05, 0.1) is 22.4 Å². The molecule has 4 rings (SSSR count). The molecule has 0 saturated carbocycles. The predicted octanol–water partition coefficient (Wildman–Crippen LogP) is 3.29. The van der Waals surface area contributed by atoms with Crippen LogP contribution in [0.1, 0.15) is 49.3 Å². The van der Waals surface area contributed by atoms with Gasteiger partial charge in [0.15, 0.2) is 0 Å². The van der Waals surface area contributed by atoms with E-state index in [1.165, 1.54) is 4.57 Å². The molecule has 3 N–H and O–H groups in total. The molecule has 178 valence electrons. The highest BCUT2D eigenvalue weighted by Gasteiger charge is 2.32. The van der Waals surface area contributed by atoms with Crippen LogP contribution in [0.5, 0.6) is 0 Å². The van der Waals surface area contributed by atoms with Gasteiger partial charge in [-0.3, -0.25) is 24.3 Å². The number of piperidine rings is 1. The van der Waals surface area contributed by atoms with Crippen molar-refractivity contribution in [2.75, 3.05) is 0 Å². The fourth-order valence-electron chi connectivity index (χ4n) is 4.20. The maximum Gasteiger partial charge on any atom is 0.326 e. The Morgan fingerprint density at radius 1 is 1.15 bits per heavy atom. The molecule has 1 aromatic heterocycles. The van der Waals surface area contributed by atoms with Crippen LogP contribution in [0.15, 0.2) is 35.1 Å². The van der Waals surface area contributed by atoms with Crippen LogP contribution in [0.25, 0.3) is 11.0 Å². The number of H-pyrrole nitrogens is 1. The normalized spacial score (nSPS) is 16.6. The highest BCUT2D eigenvalue weighted by Crippen LogP contribution is 2.37. The summed E-state index contributed by atoms with van der Waals surface area (Å²) in [5, 5.41) is 5.84. The fourth-order valence-corrected chi connectivity index (χ4v) is 5.00. The Hall–Kier alpha value is -3.10. The van der Waals surface area contributed by atoms with Crippen molar-refractivity contribution in [1.82, 2.24) is 20.2 Å². The van der Waals surface area contributed by atoms with Crippen LogP contribution in [-0.4, -0.2) is 27.3 Å². The van der Waals surface area contributed by atoms with Gasteiger partial charge in [-0.05, 0) is 55.7 Å². The van der Waals surface area contributed by atoms with Crippen LogP contribution < -0.4 is 16.3 Å². The smallest absolute Gasteiger partial charge is 0.326 e. The van der Waals surface area contributed by atoms with E-state index in [9.17, 15) is 19.2 Å². The van der Waals surface area contributed by atoms with Crippen molar-refractivity contribution in [1.29, 1.82) is 0 Å². The molecule has 8 nitrogen and oxygen atoms in total. The predicted molar refractivity (Wildman–Crippen MR) is 130 cm³/mol. The maximum absolute atomic E-state index is 13.1. The molecule has 1 unspecified atom stereocenters. The average molecular weight is 503 g/mol. The topological polar surface area (TPSA) is 113 Å². The first-order chi connectivity index (χ1) is 16.0. The minimum Gasteiger partial charge on any atom is -0.351 e. The van der Waals surface area contributed by atoms with Crippen molar-refractivity contribution in [3.05, 3.63) is 67.6 Å². The molecule has 3 aromatic rings. The standard InChI is InChI=1S/C24H24Cl2N4O4/c1-24(2,13-4-6-18-17(10-13)28-23(34)30(18)3)22(33)27-11-12-8-15(25)20(16(26)9-12)14-5-7-19(31)29-21(14)32/h4,6,8-10,14H,5,7,11H2,1-3H3,(H,27,33)(H,28,34)(H,29,31,32). The number of amides is 3. The van der Waals surface area contributed by atoms with Gasteiger partial charge in [0.25, 0.3) is 0 Å². The Morgan fingerprint density at radius 3 is 2.47 bits per heavy atom. The van der Waals surface area contributed by atoms with E-state index in [0.29, 0.717) is 33.1 Å². The van der Waals surface area contributed by atoms with E-state index in [1.807, 2.05) is 12.1 Å². The van der Waals surface area contributed by atoms with Crippen molar-refractivity contribution in [3.8, 4) is 0 Å². The minimum atomic E-state index is -0.874. The SMILES string of the molecule is Cn1c(=O)[nH]c2cc(C(C)(C)C(=O)NCc3cc(Cl)c(C4CCC(=O)NC4=O)c(Cl)c3)ccc21. The first-order valence-electron chi connectivity index (χ1n) is 10.8. The number of fused-ring (bicyclic) bond motifs is 1. The zero-order valence-corrected chi connectivity index (χ0v) is 20.4. The van der Waals surface area contributed by atoms with Gasteiger partial charge in [-0.25, -0.2) is 4.79 Å². The Balaban J connectivity index is 1.50. The quantitative estimate of drug-likeness (QED) is 0.464. The molecule has 10 heteroatoms. The molecule has 1 aliphatic rings. The summed E-state index contributed by atoms with van der Waals surface area (Å²) >= 11 is 12.9. The Bertz CT molecular complexity index is 1370. The van der Waals surface area contributed by atoms with Crippen LogP contribution >= 0.6 is 23.2 Å². The van der Waals surface area contributed by atoms with Crippen LogP contribution in [0, 0.1) is 0 Å². The first kappa shape index (κ1) is 24.0. The van der Waals surface area contributed by atoms with Crippen molar-refractivity contribution in [3.63, 3.8) is 0 Å². The zero-order chi connectivity index (χ0) is 24.8. The molecule has 1 fully saturated rings. The van der Waals surface area contributed by atoms with Crippen molar-refractivity contribution >= 4 is 52.0 Å². The molecule has 2 aromatic carbocycles. The number of rotatable bonds is 5. The van der Waals surface area contributed by atoms with E-state index >= 15 is 0 Å². The molecule has 0 bridgehead atoms. The van der Waals surface area contributed by atoms with Gasteiger partial charge < -0.3 is 10.3 Å². The number of carbonyl (C=O) groups is 3. The van der Waals surface area contributed by atoms with Gasteiger partial charge in [-0.2, -0.15) is 0 Å². The largest absolute Gasteiger partial charge is 0.351 e. The minimum absolute atomic E-state index is 0.182. The van der Waals surface area contributed by atoms with E-state index in [2.05, 4.69) is 15.6 Å². The van der Waals surface area contributed by atoms with Crippen molar-refractivity contribution < 1.29 is 14.4 Å². The molecule has 1 aliphatic heterocycles. The lowest BCUT2D eigenvalue weighted by molar-refractivity contribution is -0.134. The third-order valence-corrected chi connectivity index (χ3v) is 7.00. The number of carbonyl (C=O) groups excluding carboxylic acids is 3. The van der Waals surface area contributed by atoms with Crippen LogP contribution in [0.3, 0.4) is 0 Å². The zero-order valence-electron chi connectivity index (χ0n) is 18.9. The average Bonchev–Trinajstić information content (AvgIpc) is 3.06. The highest BCUT2D eigenvalue weighted by molar-refractivity contribution is 6.36. The number of aryl methyl sites for hydroxylation is 1. The molecule has 2 heterocycles. The van der Waals surface area contributed by atoms with Gasteiger partial charge >= 0.3 is 5.69 Å². The highest BCUT2D eigenvalue weighted by atomic mass is 35.5. The summed E-state index contributed by atoms with van der Waals surface area (Å²) in [5.41, 5.74) is 2.24.